The Labute approximate surface area is 133 Å². The molecule has 2 heterocycles. The van der Waals surface area contributed by atoms with E-state index >= 15 is 0 Å². The lowest BCUT2D eigenvalue weighted by Gasteiger charge is -2.34. The lowest BCUT2D eigenvalue weighted by atomic mass is 10.1. The molecule has 1 aliphatic rings. The quantitative estimate of drug-likeness (QED) is 0.874. The zero-order valence-electron chi connectivity index (χ0n) is 12.2. The summed E-state index contributed by atoms with van der Waals surface area (Å²) in [4.78, 5) is 30.7. The normalized spacial score (nSPS) is 15.3. The molecule has 2 amide bonds. The van der Waals surface area contributed by atoms with Crippen molar-refractivity contribution >= 4 is 34.3 Å². The molecule has 1 saturated heterocycles. The van der Waals surface area contributed by atoms with Gasteiger partial charge in [-0.1, -0.05) is 18.2 Å². The van der Waals surface area contributed by atoms with Gasteiger partial charge in [-0.15, -0.1) is 11.6 Å². The van der Waals surface area contributed by atoms with Gasteiger partial charge in [-0.05, 0) is 11.6 Å². The highest BCUT2D eigenvalue weighted by Gasteiger charge is 2.24. The first-order valence-electron chi connectivity index (χ1n) is 7.35. The minimum absolute atomic E-state index is 0.00326. The number of hydrogen-bond donors (Lipinski definition) is 1. The van der Waals surface area contributed by atoms with Crippen LogP contribution in [-0.2, 0) is 16.0 Å². The summed E-state index contributed by atoms with van der Waals surface area (Å²) in [6, 6.07) is 7.96. The number of nitrogens with one attached hydrogen (secondary N) is 1. The van der Waals surface area contributed by atoms with E-state index in [4.69, 9.17) is 11.6 Å². The highest BCUT2D eigenvalue weighted by Crippen LogP contribution is 2.19. The minimum atomic E-state index is -0.0644. The fourth-order valence-electron chi connectivity index (χ4n) is 2.84. The van der Waals surface area contributed by atoms with Crippen LogP contribution < -0.4 is 0 Å². The SMILES string of the molecule is O=C(CCl)N1CCN(C(=O)Cc2c[nH]c3ccccc23)CC1. The van der Waals surface area contributed by atoms with Gasteiger partial charge in [-0.2, -0.15) is 0 Å². The van der Waals surface area contributed by atoms with Crippen LogP contribution in [0.25, 0.3) is 10.9 Å². The third kappa shape index (κ3) is 2.95. The first kappa shape index (κ1) is 14.9. The molecule has 5 nitrogen and oxygen atoms in total. The fourth-order valence-corrected chi connectivity index (χ4v) is 3.01. The van der Waals surface area contributed by atoms with Crippen molar-refractivity contribution in [1.82, 2.24) is 14.8 Å². The molecular weight excluding hydrogens is 302 g/mol. The van der Waals surface area contributed by atoms with E-state index in [0.717, 1.165) is 16.5 Å². The van der Waals surface area contributed by atoms with Crippen LogP contribution in [0.4, 0.5) is 0 Å². The van der Waals surface area contributed by atoms with E-state index in [9.17, 15) is 9.59 Å². The first-order chi connectivity index (χ1) is 10.7. The van der Waals surface area contributed by atoms with Crippen LogP contribution in [0.5, 0.6) is 0 Å². The summed E-state index contributed by atoms with van der Waals surface area (Å²) in [7, 11) is 0. The molecule has 0 atom stereocenters. The third-order valence-corrected chi connectivity index (χ3v) is 4.34. The number of alkyl halides is 1. The van der Waals surface area contributed by atoms with Crippen LogP contribution in [0.2, 0.25) is 0 Å². The van der Waals surface area contributed by atoms with E-state index in [1.54, 1.807) is 4.90 Å². The number of rotatable bonds is 3. The maximum atomic E-state index is 12.4. The summed E-state index contributed by atoms with van der Waals surface area (Å²) >= 11 is 5.56. The Bertz CT molecular complexity index is 690. The van der Waals surface area contributed by atoms with Crippen LogP contribution in [-0.4, -0.2) is 58.7 Å². The molecule has 0 unspecified atom stereocenters. The van der Waals surface area contributed by atoms with E-state index in [2.05, 4.69) is 4.98 Å². The van der Waals surface area contributed by atoms with Crippen molar-refractivity contribution in [1.29, 1.82) is 0 Å². The molecule has 116 valence electrons. The predicted molar refractivity (Wildman–Crippen MR) is 85.9 cm³/mol. The van der Waals surface area contributed by atoms with Crippen LogP contribution in [0.1, 0.15) is 5.56 Å². The van der Waals surface area contributed by atoms with Crippen LogP contribution in [0, 0.1) is 0 Å². The summed E-state index contributed by atoms with van der Waals surface area (Å²) in [6.45, 7) is 2.27. The van der Waals surface area contributed by atoms with E-state index in [1.165, 1.54) is 0 Å². The first-order valence-corrected chi connectivity index (χ1v) is 7.89. The van der Waals surface area contributed by atoms with Gasteiger partial charge in [0, 0.05) is 43.3 Å². The number of carbonyl (C=O) groups excluding carboxylic acids is 2. The Morgan fingerprint density at radius 3 is 2.36 bits per heavy atom. The largest absolute Gasteiger partial charge is 0.361 e. The number of hydrogen-bond acceptors (Lipinski definition) is 2. The third-order valence-electron chi connectivity index (χ3n) is 4.12. The van der Waals surface area contributed by atoms with Crippen molar-refractivity contribution < 1.29 is 9.59 Å². The second-order valence-corrected chi connectivity index (χ2v) is 5.70. The topological polar surface area (TPSA) is 56.4 Å². The van der Waals surface area contributed by atoms with Gasteiger partial charge in [0.05, 0.1) is 6.42 Å². The summed E-state index contributed by atoms with van der Waals surface area (Å²) in [5.41, 5.74) is 2.06. The van der Waals surface area contributed by atoms with E-state index < -0.39 is 0 Å². The van der Waals surface area contributed by atoms with Crippen LogP contribution in [0.15, 0.2) is 30.5 Å². The van der Waals surface area contributed by atoms with Crippen molar-refractivity contribution in [3.63, 3.8) is 0 Å². The Kier molecular flexibility index (Phi) is 4.34. The molecule has 1 N–H and O–H groups in total. The molecular formula is C16H18ClN3O2. The zero-order chi connectivity index (χ0) is 15.5. The van der Waals surface area contributed by atoms with Gasteiger partial charge in [-0.3, -0.25) is 9.59 Å². The molecule has 1 aromatic heterocycles. The maximum absolute atomic E-state index is 12.4. The minimum Gasteiger partial charge on any atom is -0.361 e. The van der Waals surface area contributed by atoms with Crippen molar-refractivity contribution in [2.24, 2.45) is 0 Å². The molecule has 1 fully saturated rings. The molecule has 0 radical (unpaired) electrons. The number of amides is 2. The smallest absolute Gasteiger partial charge is 0.237 e. The van der Waals surface area contributed by atoms with Gasteiger partial charge in [0.15, 0.2) is 0 Å². The second-order valence-electron chi connectivity index (χ2n) is 5.43. The number of nitrogens with zero attached hydrogens (tertiary/aromatic N) is 2. The van der Waals surface area contributed by atoms with E-state index in [0.29, 0.717) is 32.6 Å². The summed E-state index contributed by atoms with van der Waals surface area (Å²) in [5.74, 6) is 0.0386. The van der Waals surface area contributed by atoms with Crippen molar-refractivity contribution in [2.45, 2.75) is 6.42 Å². The molecule has 0 aliphatic carbocycles. The monoisotopic (exact) mass is 319 g/mol. The van der Waals surface area contributed by atoms with Crippen LogP contribution >= 0.6 is 11.6 Å². The standard InChI is InChI=1S/C16H18ClN3O2/c17-10-16(22)20-7-5-19(6-8-20)15(21)9-12-11-18-14-4-2-1-3-13(12)14/h1-4,11,18H,5-10H2. The van der Waals surface area contributed by atoms with Gasteiger partial charge in [0.25, 0.3) is 0 Å². The number of aromatic nitrogens is 1. The highest BCUT2D eigenvalue weighted by molar-refractivity contribution is 6.27. The van der Waals surface area contributed by atoms with Gasteiger partial charge < -0.3 is 14.8 Å². The number of aromatic amines is 1. The molecule has 2 aromatic rings. The summed E-state index contributed by atoms with van der Waals surface area (Å²) in [5, 5.41) is 1.09. The number of piperazine rings is 1. The molecule has 0 bridgehead atoms. The fraction of sp³-hybridized carbons (Fsp3) is 0.375. The number of benzene rings is 1. The molecule has 1 aliphatic heterocycles. The Balaban J connectivity index is 1.62. The summed E-state index contributed by atoms with van der Waals surface area (Å²) < 4.78 is 0. The lowest BCUT2D eigenvalue weighted by molar-refractivity contribution is -0.137. The molecule has 6 heteroatoms. The highest BCUT2D eigenvalue weighted by atomic mass is 35.5. The van der Waals surface area contributed by atoms with Crippen LogP contribution in [0.3, 0.4) is 0 Å². The second kappa shape index (κ2) is 6.40. The van der Waals surface area contributed by atoms with E-state index in [-0.39, 0.29) is 17.7 Å². The van der Waals surface area contributed by atoms with Gasteiger partial charge in [0.2, 0.25) is 11.8 Å². The maximum Gasteiger partial charge on any atom is 0.237 e. The molecule has 1 aromatic carbocycles. The lowest BCUT2D eigenvalue weighted by Crippen LogP contribution is -2.51. The molecule has 22 heavy (non-hydrogen) atoms. The van der Waals surface area contributed by atoms with Crippen molar-refractivity contribution in [3.8, 4) is 0 Å². The van der Waals surface area contributed by atoms with Crippen molar-refractivity contribution in [2.75, 3.05) is 32.1 Å². The molecule has 0 spiro atoms. The average Bonchev–Trinajstić information content (AvgIpc) is 2.97. The number of carbonyl (C=O) groups is 2. The molecule has 3 rings (SSSR count). The summed E-state index contributed by atoms with van der Waals surface area (Å²) in [6.07, 6.45) is 2.28. The van der Waals surface area contributed by atoms with Gasteiger partial charge in [-0.25, -0.2) is 0 Å². The zero-order valence-corrected chi connectivity index (χ0v) is 13.0. The Morgan fingerprint density at radius 2 is 1.68 bits per heavy atom. The van der Waals surface area contributed by atoms with Gasteiger partial charge >= 0.3 is 0 Å². The van der Waals surface area contributed by atoms with E-state index in [1.807, 2.05) is 35.4 Å². The number of halogens is 1. The van der Waals surface area contributed by atoms with Crippen molar-refractivity contribution in [3.05, 3.63) is 36.0 Å². The Hall–Kier alpha value is -2.01. The molecule has 0 saturated carbocycles. The average molecular weight is 320 g/mol. The number of H-pyrrole nitrogens is 1. The number of fused-ring (bicyclic) bond motifs is 1. The predicted octanol–water partition coefficient (Wildman–Crippen LogP) is 1.62. The number of para-hydroxylation sites is 1. The van der Waals surface area contributed by atoms with Gasteiger partial charge in [0.1, 0.15) is 5.88 Å². The Morgan fingerprint density at radius 1 is 1.05 bits per heavy atom.